The first-order valence-corrected chi connectivity index (χ1v) is 17.2. The van der Waals surface area contributed by atoms with Gasteiger partial charge in [-0.05, 0) is 49.3 Å². The number of benzene rings is 2. The normalized spacial score (nSPS) is 15.5. The van der Waals surface area contributed by atoms with Crippen LogP contribution in [0.5, 0.6) is 0 Å². The molecule has 1 aliphatic rings. The summed E-state index contributed by atoms with van der Waals surface area (Å²) in [6, 6.07) is 13.7. The number of rotatable bonds is 13. The maximum absolute atomic E-state index is 14.4. The summed E-state index contributed by atoms with van der Waals surface area (Å²) in [6.07, 6.45) is 3.19. The van der Waals surface area contributed by atoms with E-state index in [1.807, 2.05) is 44.2 Å². The number of carbonyl (C=O) groups is 1. The van der Waals surface area contributed by atoms with Crippen molar-refractivity contribution in [1.82, 2.24) is 19.6 Å². The van der Waals surface area contributed by atoms with Crippen LogP contribution in [0.2, 0.25) is 0 Å². The number of nitrogens with one attached hydrogen (secondary N) is 1. The van der Waals surface area contributed by atoms with Crippen molar-refractivity contribution in [3.63, 3.8) is 0 Å². The minimum Gasteiger partial charge on any atom is -0.444 e. The lowest BCUT2D eigenvalue weighted by atomic mass is 10.0. The predicted octanol–water partition coefficient (Wildman–Crippen LogP) is 4.82. The fourth-order valence-electron chi connectivity index (χ4n) is 5.29. The van der Waals surface area contributed by atoms with Crippen molar-refractivity contribution < 1.29 is 27.5 Å². The molecule has 0 radical (unpaired) electrons. The van der Waals surface area contributed by atoms with Gasteiger partial charge in [0.2, 0.25) is 10.0 Å². The second-order valence-corrected chi connectivity index (χ2v) is 14.3. The molecule has 236 valence electrons. The fourth-order valence-corrected chi connectivity index (χ4v) is 7.63. The first-order valence-electron chi connectivity index (χ1n) is 14.9. The molecule has 4 aromatic rings. The Kier molecular flexibility index (Phi) is 10.5. The third-order valence-electron chi connectivity index (χ3n) is 7.51. The molecular formula is C31H39N5O6S2. The topological polar surface area (TPSA) is 138 Å². The van der Waals surface area contributed by atoms with Crippen LogP contribution in [0.15, 0.2) is 69.6 Å². The van der Waals surface area contributed by atoms with E-state index in [1.54, 1.807) is 17.8 Å². The van der Waals surface area contributed by atoms with Gasteiger partial charge in [0, 0.05) is 38.4 Å². The van der Waals surface area contributed by atoms with E-state index in [1.165, 1.54) is 34.2 Å². The van der Waals surface area contributed by atoms with Crippen molar-refractivity contribution >= 4 is 44.6 Å². The second kappa shape index (κ2) is 14.5. The van der Waals surface area contributed by atoms with Crippen LogP contribution in [-0.4, -0.2) is 72.2 Å². The zero-order valence-electron chi connectivity index (χ0n) is 25.0. The molecule has 2 unspecified atom stereocenters. The van der Waals surface area contributed by atoms with Crippen LogP contribution in [0.1, 0.15) is 43.6 Å². The molecule has 44 heavy (non-hydrogen) atoms. The van der Waals surface area contributed by atoms with E-state index in [0.29, 0.717) is 17.1 Å². The summed E-state index contributed by atoms with van der Waals surface area (Å²) in [7, 11) is -4.12. The van der Waals surface area contributed by atoms with Gasteiger partial charge in [-0.2, -0.15) is 9.29 Å². The summed E-state index contributed by atoms with van der Waals surface area (Å²) < 4.78 is 41.3. The lowest BCUT2D eigenvalue weighted by Gasteiger charge is -2.35. The maximum atomic E-state index is 14.4. The molecule has 2 N–H and O–H groups in total. The van der Waals surface area contributed by atoms with Crippen LogP contribution >= 0.6 is 11.3 Å². The van der Waals surface area contributed by atoms with E-state index in [2.05, 4.69) is 20.2 Å². The quantitative estimate of drug-likeness (QED) is 0.210. The largest absolute Gasteiger partial charge is 0.444 e. The molecule has 11 nitrogen and oxygen atoms in total. The van der Waals surface area contributed by atoms with E-state index in [0.717, 1.165) is 36.4 Å². The standard InChI is InChI=1S/C31H39N5O6S2/c1-22(2)19-36(44(39,40)25-11-12-26-29(16-25)42-30(34-26)35-13-7-4-8-14-35)27(15-23-9-5-3-6-10-23)28(37)18-33-31(38)41-20-24-17-32-21-43-24/h3,5-6,9-12,16-17,21-22,27-28,37H,4,7-8,13-15,18-20H2,1-2H3,(H,33,38). The molecule has 13 heteroatoms. The van der Waals surface area contributed by atoms with Crippen molar-refractivity contribution in [3.05, 3.63) is 70.7 Å². The number of amides is 1. The average molecular weight is 642 g/mol. The highest BCUT2D eigenvalue weighted by Gasteiger charge is 2.37. The molecule has 0 aliphatic carbocycles. The molecule has 0 bridgehead atoms. The number of oxazole rings is 1. The number of aliphatic hydroxyl groups excluding tert-OH is 1. The highest BCUT2D eigenvalue weighted by molar-refractivity contribution is 7.89. The monoisotopic (exact) mass is 641 g/mol. The molecule has 2 aromatic carbocycles. The Morgan fingerprint density at radius 2 is 1.93 bits per heavy atom. The first kappa shape index (κ1) is 31.9. The van der Waals surface area contributed by atoms with Gasteiger partial charge in [0.25, 0.3) is 6.01 Å². The number of thiazole rings is 1. The molecule has 2 aromatic heterocycles. The highest BCUT2D eigenvalue weighted by Crippen LogP contribution is 2.30. The van der Waals surface area contributed by atoms with Crippen LogP contribution in [0.3, 0.4) is 0 Å². The number of hydrogen-bond donors (Lipinski definition) is 2. The van der Waals surface area contributed by atoms with Crippen LogP contribution in [0.25, 0.3) is 11.1 Å². The van der Waals surface area contributed by atoms with Crippen molar-refractivity contribution in [2.24, 2.45) is 5.92 Å². The van der Waals surface area contributed by atoms with Gasteiger partial charge in [-0.1, -0.05) is 44.2 Å². The molecule has 1 fully saturated rings. The van der Waals surface area contributed by atoms with Crippen molar-refractivity contribution in [2.45, 2.75) is 63.2 Å². The average Bonchev–Trinajstić information content (AvgIpc) is 3.71. The third kappa shape index (κ3) is 7.95. The number of ether oxygens (including phenoxy) is 1. The lowest BCUT2D eigenvalue weighted by molar-refractivity contribution is 0.0786. The Balaban J connectivity index is 1.40. The Bertz CT molecular complexity index is 1600. The molecule has 3 heterocycles. The predicted molar refractivity (Wildman–Crippen MR) is 169 cm³/mol. The van der Waals surface area contributed by atoms with Gasteiger partial charge in [-0.25, -0.2) is 13.2 Å². The SMILES string of the molecule is CC(C)CN(C(Cc1ccccc1)C(O)CNC(=O)OCc1cncs1)S(=O)(=O)c1ccc2nc(N3CCCCC3)oc2c1. The number of carbonyl (C=O) groups excluding carboxylic acids is 1. The lowest BCUT2D eigenvalue weighted by Crippen LogP contribution is -2.52. The van der Waals surface area contributed by atoms with Gasteiger partial charge in [-0.3, -0.25) is 4.98 Å². The number of aromatic nitrogens is 2. The number of sulfonamides is 1. The van der Waals surface area contributed by atoms with E-state index < -0.39 is 28.3 Å². The van der Waals surface area contributed by atoms with E-state index in [4.69, 9.17) is 9.15 Å². The maximum Gasteiger partial charge on any atom is 0.407 e. The molecule has 0 spiro atoms. The number of piperidine rings is 1. The zero-order valence-corrected chi connectivity index (χ0v) is 26.6. The minimum atomic E-state index is -4.12. The van der Waals surface area contributed by atoms with Crippen LogP contribution in [-0.2, 0) is 27.8 Å². The Labute approximate surface area is 261 Å². The molecular weight excluding hydrogens is 603 g/mol. The van der Waals surface area contributed by atoms with Gasteiger partial charge in [-0.15, -0.1) is 11.3 Å². The Morgan fingerprint density at radius 3 is 2.64 bits per heavy atom. The molecule has 2 atom stereocenters. The Morgan fingerprint density at radius 1 is 1.16 bits per heavy atom. The number of aliphatic hydroxyl groups is 1. The molecule has 1 saturated heterocycles. The van der Waals surface area contributed by atoms with Crippen LogP contribution in [0, 0.1) is 5.92 Å². The summed E-state index contributed by atoms with van der Waals surface area (Å²) >= 11 is 1.36. The van der Waals surface area contributed by atoms with Gasteiger partial charge >= 0.3 is 6.09 Å². The second-order valence-electron chi connectivity index (χ2n) is 11.4. The first-order chi connectivity index (χ1) is 21.2. The summed E-state index contributed by atoms with van der Waals surface area (Å²) in [5.74, 6) is -0.0488. The zero-order chi connectivity index (χ0) is 31.1. The molecule has 1 amide bonds. The summed E-state index contributed by atoms with van der Waals surface area (Å²) in [6.45, 7) is 5.56. The third-order valence-corrected chi connectivity index (χ3v) is 10.2. The number of alkyl carbamates (subject to hydrolysis) is 1. The number of nitrogens with zero attached hydrogens (tertiary/aromatic N) is 4. The Hall–Kier alpha value is -3.52. The van der Waals surface area contributed by atoms with Gasteiger partial charge in [0.05, 0.1) is 27.4 Å². The van der Waals surface area contributed by atoms with Crippen LogP contribution in [0.4, 0.5) is 10.8 Å². The van der Waals surface area contributed by atoms with Gasteiger partial charge < -0.3 is 24.5 Å². The smallest absolute Gasteiger partial charge is 0.407 e. The number of fused-ring (bicyclic) bond motifs is 1. The van der Waals surface area contributed by atoms with Crippen LogP contribution < -0.4 is 10.2 Å². The highest BCUT2D eigenvalue weighted by atomic mass is 32.2. The number of hydrogen-bond acceptors (Lipinski definition) is 10. The van der Waals surface area contributed by atoms with E-state index >= 15 is 0 Å². The number of anilines is 1. The van der Waals surface area contributed by atoms with E-state index in [-0.39, 0.29) is 36.9 Å². The molecule has 1 aliphatic heterocycles. The minimum absolute atomic E-state index is 0.0488. The van der Waals surface area contributed by atoms with Crippen molar-refractivity contribution in [3.8, 4) is 0 Å². The van der Waals surface area contributed by atoms with E-state index in [9.17, 15) is 18.3 Å². The summed E-state index contributed by atoms with van der Waals surface area (Å²) in [5.41, 5.74) is 3.47. The van der Waals surface area contributed by atoms with Crippen molar-refractivity contribution in [2.75, 3.05) is 31.1 Å². The molecule has 5 rings (SSSR count). The summed E-state index contributed by atoms with van der Waals surface area (Å²) in [4.78, 5) is 23.9. The fraction of sp³-hybridized carbons (Fsp3) is 0.452. The van der Waals surface area contributed by atoms with Crippen molar-refractivity contribution in [1.29, 1.82) is 0 Å². The summed E-state index contributed by atoms with van der Waals surface area (Å²) in [5, 5.41) is 14.1. The van der Waals surface area contributed by atoms with Gasteiger partial charge in [0.15, 0.2) is 5.58 Å². The molecule has 0 saturated carbocycles. The van der Waals surface area contributed by atoms with Gasteiger partial charge in [0.1, 0.15) is 12.1 Å².